The highest BCUT2D eigenvalue weighted by Crippen LogP contribution is 2.25. The van der Waals surface area contributed by atoms with Crippen LogP contribution in [0.2, 0.25) is 0 Å². The normalized spacial score (nSPS) is 10.6. The summed E-state index contributed by atoms with van der Waals surface area (Å²) < 4.78 is 4.92. The molecule has 0 saturated carbocycles. The highest BCUT2D eigenvalue weighted by molar-refractivity contribution is 7.14. The highest BCUT2D eigenvalue weighted by Gasteiger charge is 2.16. The lowest BCUT2D eigenvalue weighted by Crippen LogP contribution is -2.11. The Morgan fingerprint density at radius 1 is 1.24 bits per heavy atom. The maximum absolute atomic E-state index is 12.0. The number of aryl methyl sites for hydroxylation is 2. The maximum atomic E-state index is 12.0. The Bertz CT molecular complexity index is 774. The Kier molecular flexibility index (Phi) is 3.53. The third kappa shape index (κ3) is 2.85. The number of hydrogen-bond acceptors (Lipinski definition) is 5. The molecule has 0 unspecified atom stereocenters. The van der Waals surface area contributed by atoms with E-state index in [0.717, 1.165) is 11.3 Å². The van der Waals surface area contributed by atoms with Gasteiger partial charge in [-0.05, 0) is 13.8 Å². The quantitative estimate of drug-likeness (QED) is 0.801. The molecule has 0 fully saturated rings. The molecule has 6 heteroatoms. The van der Waals surface area contributed by atoms with Gasteiger partial charge in [-0.1, -0.05) is 35.0 Å². The van der Waals surface area contributed by atoms with Crippen LogP contribution in [0.15, 0.2) is 40.4 Å². The van der Waals surface area contributed by atoms with Crippen molar-refractivity contribution in [2.24, 2.45) is 0 Å². The van der Waals surface area contributed by atoms with Crippen LogP contribution < -0.4 is 5.32 Å². The first-order valence-corrected chi connectivity index (χ1v) is 7.26. The van der Waals surface area contributed by atoms with Gasteiger partial charge in [0.2, 0.25) is 5.76 Å². The Hall–Kier alpha value is -2.47. The first-order valence-electron chi connectivity index (χ1n) is 6.38. The SMILES string of the molecule is Cc1ccc(-c2csc(NC(=O)c3oncc3C)n2)cc1. The van der Waals surface area contributed by atoms with Crippen molar-refractivity contribution >= 4 is 22.4 Å². The number of aromatic nitrogens is 2. The summed E-state index contributed by atoms with van der Waals surface area (Å²) in [6, 6.07) is 8.09. The van der Waals surface area contributed by atoms with E-state index in [2.05, 4.69) is 15.5 Å². The Balaban J connectivity index is 1.78. The van der Waals surface area contributed by atoms with E-state index in [-0.39, 0.29) is 11.7 Å². The second-order valence-electron chi connectivity index (χ2n) is 4.70. The zero-order chi connectivity index (χ0) is 14.8. The predicted molar refractivity (Wildman–Crippen MR) is 81.5 cm³/mol. The van der Waals surface area contributed by atoms with Crippen LogP contribution in [0.1, 0.15) is 21.7 Å². The molecule has 3 aromatic rings. The van der Waals surface area contributed by atoms with Gasteiger partial charge in [-0.3, -0.25) is 10.1 Å². The fourth-order valence-electron chi connectivity index (χ4n) is 1.85. The van der Waals surface area contributed by atoms with Crippen LogP contribution in [0, 0.1) is 13.8 Å². The molecule has 3 rings (SSSR count). The largest absolute Gasteiger partial charge is 0.351 e. The molecule has 2 aromatic heterocycles. The number of hydrogen-bond donors (Lipinski definition) is 1. The lowest BCUT2D eigenvalue weighted by molar-refractivity contribution is 0.0987. The summed E-state index contributed by atoms with van der Waals surface area (Å²) in [6.07, 6.45) is 1.51. The molecule has 5 nitrogen and oxygen atoms in total. The summed E-state index contributed by atoms with van der Waals surface area (Å²) in [7, 11) is 0. The second-order valence-corrected chi connectivity index (χ2v) is 5.55. The third-order valence-electron chi connectivity index (χ3n) is 3.03. The minimum atomic E-state index is -0.338. The van der Waals surface area contributed by atoms with E-state index >= 15 is 0 Å². The van der Waals surface area contributed by atoms with E-state index in [4.69, 9.17) is 4.52 Å². The van der Waals surface area contributed by atoms with Crippen molar-refractivity contribution < 1.29 is 9.32 Å². The number of amides is 1. The molecule has 0 aliphatic heterocycles. The van der Waals surface area contributed by atoms with Gasteiger partial charge in [-0.2, -0.15) is 0 Å². The zero-order valence-electron chi connectivity index (χ0n) is 11.6. The molecule has 106 valence electrons. The number of carbonyl (C=O) groups excluding carboxylic acids is 1. The van der Waals surface area contributed by atoms with Crippen molar-refractivity contribution in [1.82, 2.24) is 10.1 Å². The molecule has 0 aliphatic rings. The fourth-order valence-corrected chi connectivity index (χ4v) is 2.57. The zero-order valence-corrected chi connectivity index (χ0v) is 12.4. The Morgan fingerprint density at radius 2 is 2.00 bits per heavy atom. The second kappa shape index (κ2) is 5.49. The van der Waals surface area contributed by atoms with Gasteiger partial charge in [0, 0.05) is 16.5 Å². The summed E-state index contributed by atoms with van der Waals surface area (Å²) in [5, 5.41) is 8.76. The first-order chi connectivity index (χ1) is 10.1. The summed E-state index contributed by atoms with van der Waals surface area (Å²) in [4.78, 5) is 16.4. The number of nitrogens with zero attached hydrogens (tertiary/aromatic N) is 2. The van der Waals surface area contributed by atoms with Crippen LogP contribution in [-0.4, -0.2) is 16.0 Å². The average Bonchev–Trinajstić information content (AvgIpc) is 3.09. The predicted octanol–water partition coefficient (Wildman–Crippen LogP) is 3.67. The monoisotopic (exact) mass is 299 g/mol. The van der Waals surface area contributed by atoms with Crippen molar-refractivity contribution in [1.29, 1.82) is 0 Å². The van der Waals surface area contributed by atoms with Crippen LogP contribution in [-0.2, 0) is 0 Å². The topological polar surface area (TPSA) is 68.0 Å². The van der Waals surface area contributed by atoms with Gasteiger partial charge in [-0.15, -0.1) is 11.3 Å². The molecule has 0 atom stereocenters. The molecule has 1 N–H and O–H groups in total. The maximum Gasteiger partial charge on any atom is 0.296 e. The number of carbonyl (C=O) groups is 1. The molecule has 0 spiro atoms. The number of rotatable bonds is 3. The van der Waals surface area contributed by atoms with Crippen LogP contribution in [0.25, 0.3) is 11.3 Å². The van der Waals surface area contributed by atoms with Gasteiger partial charge in [0.25, 0.3) is 5.91 Å². The van der Waals surface area contributed by atoms with Crippen LogP contribution in [0.4, 0.5) is 5.13 Å². The number of thiazole rings is 1. The van der Waals surface area contributed by atoms with E-state index in [1.807, 2.05) is 36.6 Å². The summed E-state index contributed by atoms with van der Waals surface area (Å²) in [5.41, 5.74) is 3.75. The summed E-state index contributed by atoms with van der Waals surface area (Å²) in [5.74, 6) is -0.128. The highest BCUT2D eigenvalue weighted by atomic mass is 32.1. The number of benzene rings is 1. The molecule has 0 radical (unpaired) electrons. The molecule has 1 amide bonds. The number of anilines is 1. The Morgan fingerprint density at radius 3 is 2.67 bits per heavy atom. The minimum absolute atomic E-state index is 0.210. The lowest BCUT2D eigenvalue weighted by atomic mass is 10.1. The van der Waals surface area contributed by atoms with Crippen molar-refractivity contribution in [3.05, 3.63) is 52.7 Å². The van der Waals surface area contributed by atoms with Gasteiger partial charge in [0.05, 0.1) is 11.9 Å². The van der Waals surface area contributed by atoms with E-state index in [0.29, 0.717) is 10.7 Å². The molecule has 0 aliphatic carbocycles. The minimum Gasteiger partial charge on any atom is -0.351 e. The number of nitrogens with one attached hydrogen (secondary N) is 1. The molecule has 1 aromatic carbocycles. The van der Waals surface area contributed by atoms with Crippen molar-refractivity contribution in [3.8, 4) is 11.3 Å². The average molecular weight is 299 g/mol. The summed E-state index contributed by atoms with van der Waals surface area (Å²) >= 11 is 1.37. The summed E-state index contributed by atoms with van der Waals surface area (Å²) in [6.45, 7) is 3.81. The van der Waals surface area contributed by atoms with Gasteiger partial charge in [0.15, 0.2) is 5.13 Å². The van der Waals surface area contributed by atoms with Gasteiger partial charge >= 0.3 is 0 Å². The van der Waals surface area contributed by atoms with E-state index in [9.17, 15) is 4.79 Å². The molecule has 21 heavy (non-hydrogen) atoms. The van der Waals surface area contributed by atoms with Crippen molar-refractivity contribution in [2.45, 2.75) is 13.8 Å². The van der Waals surface area contributed by atoms with Gasteiger partial charge in [0.1, 0.15) is 0 Å². The molecular formula is C15H13N3O2S. The van der Waals surface area contributed by atoms with E-state index < -0.39 is 0 Å². The van der Waals surface area contributed by atoms with Crippen LogP contribution >= 0.6 is 11.3 Å². The van der Waals surface area contributed by atoms with Crippen LogP contribution in [0.5, 0.6) is 0 Å². The molecule has 0 bridgehead atoms. The fraction of sp³-hybridized carbons (Fsp3) is 0.133. The van der Waals surface area contributed by atoms with Crippen molar-refractivity contribution in [2.75, 3.05) is 5.32 Å². The standard InChI is InChI=1S/C15H13N3O2S/c1-9-3-5-11(6-4-9)12-8-21-15(17-12)18-14(19)13-10(2)7-16-20-13/h3-8H,1-2H3,(H,17,18,19). The third-order valence-corrected chi connectivity index (χ3v) is 3.78. The van der Waals surface area contributed by atoms with Crippen LogP contribution in [0.3, 0.4) is 0 Å². The Labute approximate surface area is 125 Å². The van der Waals surface area contributed by atoms with E-state index in [1.165, 1.54) is 23.1 Å². The smallest absolute Gasteiger partial charge is 0.296 e. The molecule has 2 heterocycles. The lowest BCUT2D eigenvalue weighted by Gasteiger charge is -1.99. The first kappa shape index (κ1) is 13.5. The van der Waals surface area contributed by atoms with Crippen molar-refractivity contribution in [3.63, 3.8) is 0 Å². The molecular weight excluding hydrogens is 286 g/mol. The van der Waals surface area contributed by atoms with Gasteiger partial charge < -0.3 is 4.52 Å². The van der Waals surface area contributed by atoms with E-state index in [1.54, 1.807) is 6.92 Å². The molecule has 0 saturated heterocycles. The van der Waals surface area contributed by atoms with Gasteiger partial charge in [-0.25, -0.2) is 4.98 Å².